The normalized spacial score (nSPS) is 10.3. The lowest BCUT2D eigenvalue weighted by atomic mass is 10.1. The van der Waals surface area contributed by atoms with Gasteiger partial charge in [-0.2, -0.15) is 0 Å². The van der Waals surface area contributed by atoms with Crippen molar-refractivity contribution in [1.82, 2.24) is 5.32 Å². The van der Waals surface area contributed by atoms with E-state index in [1.165, 1.54) is 6.07 Å². The standard InChI is InChI=1S/C22H20FNO3/c1-26-19-6-4-7-20(13-19)27-15-16-9-11-17(12-10-16)22(25)24-14-18-5-2-3-8-21(18)23/h2-13H,14-15H2,1H3,(H,24,25). The molecule has 1 N–H and O–H groups in total. The van der Waals surface area contributed by atoms with Crippen molar-refractivity contribution >= 4 is 5.91 Å². The number of carbonyl (C=O) groups excluding carboxylic acids is 1. The molecule has 0 unspecified atom stereocenters. The Labute approximate surface area is 157 Å². The fraction of sp³-hybridized carbons (Fsp3) is 0.136. The first-order valence-electron chi connectivity index (χ1n) is 8.53. The van der Waals surface area contributed by atoms with Crippen LogP contribution in [0.25, 0.3) is 0 Å². The number of hydrogen-bond donors (Lipinski definition) is 1. The minimum absolute atomic E-state index is 0.145. The summed E-state index contributed by atoms with van der Waals surface area (Å²) in [6.07, 6.45) is 0. The van der Waals surface area contributed by atoms with Gasteiger partial charge < -0.3 is 14.8 Å². The van der Waals surface area contributed by atoms with Crippen molar-refractivity contribution in [2.45, 2.75) is 13.2 Å². The van der Waals surface area contributed by atoms with Crippen LogP contribution in [0.1, 0.15) is 21.5 Å². The van der Waals surface area contributed by atoms with E-state index in [9.17, 15) is 9.18 Å². The van der Waals surface area contributed by atoms with E-state index < -0.39 is 0 Å². The molecule has 0 aliphatic heterocycles. The van der Waals surface area contributed by atoms with Crippen molar-refractivity contribution in [2.75, 3.05) is 7.11 Å². The smallest absolute Gasteiger partial charge is 0.251 e. The zero-order valence-electron chi connectivity index (χ0n) is 14.9. The number of nitrogens with one attached hydrogen (secondary N) is 1. The molecule has 5 heteroatoms. The Bertz CT molecular complexity index is 909. The van der Waals surface area contributed by atoms with Gasteiger partial charge in [0.2, 0.25) is 0 Å². The molecule has 0 spiro atoms. The van der Waals surface area contributed by atoms with Crippen LogP contribution in [0.2, 0.25) is 0 Å². The highest BCUT2D eigenvalue weighted by molar-refractivity contribution is 5.94. The van der Waals surface area contributed by atoms with Gasteiger partial charge >= 0.3 is 0 Å². The van der Waals surface area contributed by atoms with E-state index in [1.807, 2.05) is 36.4 Å². The molecule has 0 aromatic heterocycles. The summed E-state index contributed by atoms with van der Waals surface area (Å²) in [4.78, 5) is 12.2. The third-order valence-electron chi connectivity index (χ3n) is 4.06. The number of hydrogen-bond acceptors (Lipinski definition) is 3. The molecular weight excluding hydrogens is 345 g/mol. The first-order valence-corrected chi connectivity index (χ1v) is 8.53. The van der Waals surface area contributed by atoms with Gasteiger partial charge in [0.1, 0.15) is 23.9 Å². The van der Waals surface area contributed by atoms with E-state index in [0.29, 0.717) is 23.5 Å². The number of amides is 1. The van der Waals surface area contributed by atoms with Gasteiger partial charge in [0.25, 0.3) is 5.91 Å². The quantitative estimate of drug-likeness (QED) is 0.677. The molecule has 0 heterocycles. The Morgan fingerprint density at radius 1 is 0.963 bits per heavy atom. The van der Waals surface area contributed by atoms with Gasteiger partial charge in [-0.1, -0.05) is 36.4 Å². The van der Waals surface area contributed by atoms with Crippen LogP contribution in [-0.2, 0) is 13.2 Å². The van der Waals surface area contributed by atoms with E-state index in [1.54, 1.807) is 37.4 Å². The van der Waals surface area contributed by atoms with E-state index in [2.05, 4.69) is 5.32 Å². The molecule has 27 heavy (non-hydrogen) atoms. The lowest BCUT2D eigenvalue weighted by Gasteiger charge is -2.09. The molecular formula is C22H20FNO3. The molecule has 0 bridgehead atoms. The third-order valence-corrected chi connectivity index (χ3v) is 4.06. The average Bonchev–Trinajstić information content (AvgIpc) is 2.72. The summed E-state index contributed by atoms with van der Waals surface area (Å²) in [5, 5.41) is 2.72. The van der Waals surface area contributed by atoms with Gasteiger partial charge in [-0.15, -0.1) is 0 Å². The molecule has 3 aromatic carbocycles. The molecule has 3 rings (SSSR count). The highest BCUT2D eigenvalue weighted by atomic mass is 19.1. The van der Waals surface area contributed by atoms with Crippen LogP contribution in [0, 0.1) is 5.82 Å². The van der Waals surface area contributed by atoms with Crippen molar-refractivity contribution in [1.29, 1.82) is 0 Å². The van der Waals surface area contributed by atoms with E-state index in [4.69, 9.17) is 9.47 Å². The highest BCUT2D eigenvalue weighted by Crippen LogP contribution is 2.20. The van der Waals surface area contributed by atoms with Crippen molar-refractivity contribution in [3.63, 3.8) is 0 Å². The predicted molar refractivity (Wildman–Crippen MR) is 101 cm³/mol. The fourth-order valence-electron chi connectivity index (χ4n) is 2.53. The van der Waals surface area contributed by atoms with Gasteiger partial charge in [-0.25, -0.2) is 4.39 Å². The van der Waals surface area contributed by atoms with Gasteiger partial charge in [0, 0.05) is 23.7 Å². The van der Waals surface area contributed by atoms with Gasteiger partial charge in [-0.05, 0) is 35.9 Å². The van der Waals surface area contributed by atoms with Crippen molar-refractivity contribution in [2.24, 2.45) is 0 Å². The van der Waals surface area contributed by atoms with Crippen LogP contribution in [0.5, 0.6) is 11.5 Å². The summed E-state index contributed by atoms with van der Waals surface area (Å²) in [7, 11) is 1.61. The summed E-state index contributed by atoms with van der Waals surface area (Å²) < 4.78 is 24.5. The maximum Gasteiger partial charge on any atom is 0.251 e. The maximum absolute atomic E-state index is 13.6. The topological polar surface area (TPSA) is 47.6 Å². The molecule has 0 saturated heterocycles. The monoisotopic (exact) mass is 365 g/mol. The summed E-state index contributed by atoms with van der Waals surface area (Å²) in [6, 6.07) is 20.9. The summed E-state index contributed by atoms with van der Waals surface area (Å²) in [5.74, 6) is 0.858. The lowest BCUT2D eigenvalue weighted by molar-refractivity contribution is 0.0950. The Morgan fingerprint density at radius 3 is 2.44 bits per heavy atom. The predicted octanol–water partition coefficient (Wildman–Crippen LogP) is 4.34. The Hall–Kier alpha value is -3.34. The molecule has 0 atom stereocenters. The van der Waals surface area contributed by atoms with Crippen LogP contribution in [0.3, 0.4) is 0 Å². The third kappa shape index (κ3) is 5.07. The zero-order chi connectivity index (χ0) is 19.1. The summed E-state index contributed by atoms with van der Waals surface area (Å²) in [6.45, 7) is 0.524. The molecule has 1 amide bonds. The van der Waals surface area contributed by atoms with E-state index in [0.717, 1.165) is 11.3 Å². The Balaban J connectivity index is 1.54. The van der Waals surface area contributed by atoms with Gasteiger partial charge in [0.15, 0.2) is 0 Å². The second-order valence-electron chi connectivity index (χ2n) is 5.94. The van der Waals surface area contributed by atoms with Crippen LogP contribution in [0.4, 0.5) is 4.39 Å². The number of rotatable bonds is 7. The Morgan fingerprint density at radius 2 is 1.70 bits per heavy atom. The second kappa shape index (κ2) is 8.85. The average molecular weight is 365 g/mol. The molecule has 0 fully saturated rings. The molecule has 138 valence electrons. The van der Waals surface area contributed by atoms with Gasteiger partial charge in [-0.3, -0.25) is 4.79 Å². The number of benzene rings is 3. The number of carbonyl (C=O) groups is 1. The number of ether oxygens (including phenoxy) is 2. The second-order valence-corrected chi connectivity index (χ2v) is 5.94. The van der Waals surface area contributed by atoms with E-state index in [-0.39, 0.29) is 18.3 Å². The highest BCUT2D eigenvalue weighted by Gasteiger charge is 2.07. The van der Waals surface area contributed by atoms with Crippen molar-refractivity contribution in [3.8, 4) is 11.5 Å². The van der Waals surface area contributed by atoms with Gasteiger partial charge in [0.05, 0.1) is 7.11 Å². The zero-order valence-corrected chi connectivity index (χ0v) is 14.9. The number of halogens is 1. The number of methoxy groups -OCH3 is 1. The first-order chi connectivity index (χ1) is 13.2. The molecule has 0 aliphatic rings. The molecule has 0 aliphatic carbocycles. The lowest BCUT2D eigenvalue weighted by Crippen LogP contribution is -2.23. The maximum atomic E-state index is 13.6. The molecule has 0 radical (unpaired) electrons. The first kappa shape index (κ1) is 18.5. The van der Waals surface area contributed by atoms with Crippen LogP contribution in [-0.4, -0.2) is 13.0 Å². The van der Waals surface area contributed by atoms with Crippen molar-refractivity contribution in [3.05, 3.63) is 95.3 Å². The van der Waals surface area contributed by atoms with E-state index >= 15 is 0 Å². The molecule has 4 nitrogen and oxygen atoms in total. The fourth-order valence-corrected chi connectivity index (χ4v) is 2.53. The summed E-state index contributed by atoms with van der Waals surface area (Å²) >= 11 is 0. The van der Waals surface area contributed by atoms with Crippen LogP contribution < -0.4 is 14.8 Å². The molecule has 0 saturated carbocycles. The Kier molecular flexibility index (Phi) is 6.05. The summed E-state index contributed by atoms with van der Waals surface area (Å²) in [5.41, 5.74) is 1.90. The van der Waals surface area contributed by atoms with Crippen molar-refractivity contribution < 1.29 is 18.7 Å². The minimum Gasteiger partial charge on any atom is -0.497 e. The largest absolute Gasteiger partial charge is 0.497 e. The minimum atomic E-state index is -0.331. The van der Waals surface area contributed by atoms with Crippen LogP contribution in [0.15, 0.2) is 72.8 Å². The molecule has 3 aromatic rings. The SMILES string of the molecule is COc1cccc(OCc2ccc(C(=O)NCc3ccccc3F)cc2)c1. The van der Waals surface area contributed by atoms with Crippen LogP contribution >= 0.6 is 0 Å².